The van der Waals surface area contributed by atoms with Crippen LogP contribution < -0.4 is 9.54 Å². The van der Waals surface area contributed by atoms with Crippen LogP contribution in [0.1, 0.15) is 17.3 Å². The molecule has 0 unspecified atom stereocenters. The second-order valence-electron chi connectivity index (χ2n) is 5.65. The van der Waals surface area contributed by atoms with Gasteiger partial charge in [-0.25, -0.2) is 4.39 Å². The highest BCUT2D eigenvalue weighted by molar-refractivity contribution is 7.16. The number of ether oxygens (including phenoxy) is 2. The lowest BCUT2D eigenvalue weighted by molar-refractivity contribution is -0.143. The first-order chi connectivity index (χ1) is 13.4. The van der Waals surface area contributed by atoms with Gasteiger partial charge in [-0.2, -0.15) is 4.99 Å². The molecule has 9 heteroatoms. The largest absolute Gasteiger partial charge is 0.496 e. The molecule has 1 heterocycles. The maximum Gasteiger partial charge on any atom is 0.326 e. The second kappa shape index (κ2) is 8.53. The van der Waals surface area contributed by atoms with Gasteiger partial charge < -0.3 is 14.0 Å². The molecule has 0 bridgehead atoms. The summed E-state index contributed by atoms with van der Waals surface area (Å²) >= 11 is 7.08. The van der Waals surface area contributed by atoms with Crippen molar-refractivity contribution in [1.29, 1.82) is 0 Å². The van der Waals surface area contributed by atoms with Crippen LogP contribution in [0.5, 0.6) is 5.75 Å². The average molecular weight is 423 g/mol. The van der Waals surface area contributed by atoms with Crippen molar-refractivity contribution in [1.82, 2.24) is 4.57 Å². The maximum absolute atomic E-state index is 13.6. The topological polar surface area (TPSA) is 69.9 Å². The third kappa shape index (κ3) is 4.23. The quantitative estimate of drug-likeness (QED) is 0.586. The van der Waals surface area contributed by atoms with Crippen LogP contribution in [0.25, 0.3) is 10.2 Å². The highest BCUT2D eigenvalue weighted by Gasteiger charge is 2.16. The van der Waals surface area contributed by atoms with Crippen LogP contribution >= 0.6 is 22.9 Å². The van der Waals surface area contributed by atoms with E-state index in [-0.39, 0.29) is 23.5 Å². The molecule has 0 radical (unpaired) electrons. The van der Waals surface area contributed by atoms with E-state index in [1.807, 2.05) is 0 Å². The molecule has 2 aromatic carbocycles. The number of hydrogen-bond acceptors (Lipinski definition) is 5. The number of thiazole rings is 1. The number of rotatable bonds is 5. The summed E-state index contributed by atoms with van der Waals surface area (Å²) in [6.45, 7) is 1.77. The number of methoxy groups -OCH3 is 1. The summed E-state index contributed by atoms with van der Waals surface area (Å²) in [5.74, 6) is -1.18. The lowest BCUT2D eigenvalue weighted by Crippen LogP contribution is -2.23. The fourth-order valence-corrected chi connectivity index (χ4v) is 3.84. The lowest BCUT2D eigenvalue weighted by atomic mass is 10.2. The minimum absolute atomic E-state index is 0.154. The number of hydrogen-bond donors (Lipinski definition) is 0. The number of fused-ring (bicyclic) bond motifs is 1. The van der Waals surface area contributed by atoms with E-state index in [2.05, 4.69) is 4.99 Å². The monoisotopic (exact) mass is 422 g/mol. The van der Waals surface area contributed by atoms with Crippen LogP contribution in [0.15, 0.2) is 41.4 Å². The molecule has 1 aromatic heterocycles. The van der Waals surface area contributed by atoms with Crippen molar-refractivity contribution < 1.29 is 23.5 Å². The molecule has 3 rings (SSSR count). The fourth-order valence-electron chi connectivity index (χ4n) is 2.62. The summed E-state index contributed by atoms with van der Waals surface area (Å²) in [5, 5.41) is 0.358. The van der Waals surface area contributed by atoms with Gasteiger partial charge in [0.15, 0.2) is 4.80 Å². The Morgan fingerprint density at radius 3 is 2.75 bits per heavy atom. The van der Waals surface area contributed by atoms with Gasteiger partial charge in [0.2, 0.25) is 0 Å². The molecule has 3 aromatic rings. The molecule has 146 valence electrons. The predicted molar refractivity (Wildman–Crippen MR) is 104 cm³/mol. The Balaban J connectivity index is 2.14. The minimum atomic E-state index is -0.594. The van der Waals surface area contributed by atoms with Crippen molar-refractivity contribution in [2.45, 2.75) is 13.5 Å². The molecule has 0 spiro atoms. The summed E-state index contributed by atoms with van der Waals surface area (Å²) in [7, 11) is 1.43. The van der Waals surface area contributed by atoms with Gasteiger partial charge in [0.1, 0.15) is 18.1 Å². The van der Waals surface area contributed by atoms with Crippen LogP contribution in [-0.2, 0) is 16.1 Å². The Bertz CT molecular complexity index is 1120. The van der Waals surface area contributed by atoms with Gasteiger partial charge in [0.05, 0.1) is 29.5 Å². The Labute approximate surface area is 168 Å². The molecule has 28 heavy (non-hydrogen) atoms. The SMILES string of the molecule is CCOC(=O)Cn1c(=NC(=O)c2cc(Cl)ccc2OC)sc2cc(F)ccc21. The van der Waals surface area contributed by atoms with Gasteiger partial charge in [-0.15, -0.1) is 0 Å². The standard InChI is InChI=1S/C19H16ClFN2O4S/c1-3-27-17(24)10-23-14-6-5-12(21)9-16(14)28-19(23)22-18(25)13-8-11(20)4-7-15(13)26-2/h4-9H,3,10H2,1-2H3. The van der Waals surface area contributed by atoms with Gasteiger partial charge in [0.25, 0.3) is 5.91 Å². The lowest BCUT2D eigenvalue weighted by Gasteiger charge is -2.06. The number of nitrogens with zero attached hydrogens (tertiary/aromatic N) is 2. The third-order valence-corrected chi connectivity index (χ3v) is 5.10. The van der Waals surface area contributed by atoms with Crippen molar-refractivity contribution in [2.24, 2.45) is 4.99 Å². The minimum Gasteiger partial charge on any atom is -0.496 e. The van der Waals surface area contributed by atoms with Crippen LogP contribution in [-0.4, -0.2) is 30.2 Å². The number of amides is 1. The van der Waals surface area contributed by atoms with Crippen LogP contribution in [0.4, 0.5) is 4.39 Å². The second-order valence-corrected chi connectivity index (χ2v) is 7.09. The zero-order chi connectivity index (χ0) is 20.3. The molecular formula is C19H16ClFN2O4S. The number of halogens is 2. The van der Waals surface area contributed by atoms with E-state index in [4.69, 9.17) is 21.1 Å². The van der Waals surface area contributed by atoms with E-state index in [0.29, 0.717) is 21.0 Å². The fraction of sp³-hybridized carbons (Fsp3) is 0.211. The number of esters is 1. The summed E-state index contributed by atoms with van der Waals surface area (Å²) < 4.78 is 25.9. The van der Waals surface area contributed by atoms with Crippen molar-refractivity contribution in [3.05, 3.63) is 57.6 Å². The summed E-state index contributed by atoms with van der Waals surface area (Å²) in [5.41, 5.74) is 0.755. The first-order valence-corrected chi connectivity index (χ1v) is 9.49. The molecule has 1 amide bonds. The predicted octanol–water partition coefficient (Wildman–Crippen LogP) is 3.81. The Kier molecular flexibility index (Phi) is 6.11. The van der Waals surface area contributed by atoms with Crippen molar-refractivity contribution in [3.8, 4) is 5.75 Å². The first-order valence-electron chi connectivity index (χ1n) is 8.30. The highest BCUT2D eigenvalue weighted by atomic mass is 35.5. The van der Waals surface area contributed by atoms with E-state index in [1.165, 1.54) is 35.9 Å². The Morgan fingerprint density at radius 1 is 1.25 bits per heavy atom. The van der Waals surface area contributed by atoms with E-state index >= 15 is 0 Å². The van der Waals surface area contributed by atoms with Crippen molar-refractivity contribution >= 4 is 45.0 Å². The van der Waals surface area contributed by atoms with Gasteiger partial charge in [-0.1, -0.05) is 22.9 Å². The normalized spacial score (nSPS) is 11.6. The molecule has 0 fully saturated rings. The number of carbonyl (C=O) groups is 2. The average Bonchev–Trinajstić information content (AvgIpc) is 2.97. The van der Waals surface area contributed by atoms with Gasteiger partial charge in [0, 0.05) is 5.02 Å². The molecule has 0 atom stereocenters. The van der Waals surface area contributed by atoms with E-state index in [0.717, 1.165) is 11.3 Å². The Morgan fingerprint density at radius 2 is 2.04 bits per heavy atom. The summed E-state index contributed by atoms with van der Waals surface area (Å²) in [6.07, 6.45) is 0. The first kappa shape index (κ1) is 20.0. The zero-order valence-electron chi connectivity index (χ0n) is 15.1. The maximum atomic E-state index is 13.6. The third-order valence-electron chi connectivity index (χ3n) is 3.83. The smallest absolute Gasteiger partial charge is 0.326 e. The van der Waals surface area contributed by atoms with Gasteiger partial charge >= 0.3 is 5.97 Å². The van der Waals surface area contributed by atoms with Crippen molar-refractivity contribution in [3.63, 3.8) is 0 Å². The van der Waals surface area contributed by atoms with Gasteiger partial charge in [-0.05, 0) is 43.3 Å². The number of aromatic nitrogens is 1. The van der Waals surface area contributed by atoms with E-state index < -0.39 is 17.7 Å². The molecule has 0 saturated carbocycles. The zero-order valence-corrected chi connectivity index (χ0v) is 16.6. The van der Waals surface area contributed by atoms with Crippen LogP contribution in [0.2, 0.25) is 5.02 Å². The summed E-state index contributed by atoms with van der Waals surface area (Å²) in [4.78, 5) is 29.1. The summed E-state index contributed by atoms with van der Waals surface area (Å²) in [6, 6.07) is 8.75. The molecular weight excluding hydrogens is 407 g/mol. The highest BCUT2D eigenvalue weighted by Crippen LogP contribution is 2.24. The van der Waals surface area contributed by atoms with Crippen LogP contribution in [0, 0.1) is 5.82 Å². The van der Waals surface area contributed by atoms with Crippen molar-refractivity contribution in [2.75, 3.05) is 13.7 Å². The molecule has 0 aliphatic rings. The van der Waals surface area contributed by atoms with E-state index in [1.54, 1.807) is 19.1 Å². The Hall–Kier alpha value is -2.71. The van der Waals surface area contributed by atoms with Gasteiger partial charge in [-0.3, -0.25) is 9.59 Å². The molecule has 0 N–H and O–H groups in total. The number of carbonyl (C=O) groups excluding carboxylic acids is 2. The molecule has 0 aliphatic heterocycles. The van der Waals surface area contributed by atoms with E-state index in [9.17, 15) is 14.0 Å². The molecule has 6 nitrogen and oxygen atoms in total. The number of benzene rings is 2. The molecule has 0 saturated heterocycles. The molecule has 0 aliphatic carbocycles. The van der Waals surface area contributed by atoms with Crippen LogP contribution in [0.3, 0.4) is 0 Å².